The van der Waals surface area contributed by atoms with E-state index in [1.807, 2.05) is 0 Å². The molecular weight excluding hydrogens is 863 g/mol. The molecule has 0 saturated carbocycles. The Bertz CT molecular complexity index is 4400. The maximum absolute atomic E-state index is 7.64. The Balaban J connectivity index is 0.988. The van der Waals surface area contributed by atoms with Crippen LogP contribution in [0.2, 0.25) is 0 Å². The molecule has 0 radical (unpaired) electrons. The Morgan fingerprint density at radius 3 is 1.65 bits per heavy atom. The zero-order chi connectivity index (χ0) is 46.7. The highest BCUT2D eigenvalue weighted by Crippen LogP contribution is 2.63. The number of hydrogen-bond donors (Lipinski definition) is 0. The summed E-state index contributed by atoms with van der Waals surface area (Å²) < 4.78 is 14.5. The van der Waals surface area contributed by atoms with Crippen molar-refractivity contribution >= 4 is 71.7 Å². The molecule has 0 unspecified atom stereocenters. The molecule has 2 aromatic heterocycles. The third-order valence-electron chi connectivity index (χ3n) is 16.5. The lowest BCUT2D eigenvalue weighted by molar-refractivity contribution is 0.660. The van der Waals surface area contributed by atoms with Gasteiger partial charge in [0.25, 0.3) is 0 Å². The first-order valence-electron chi connectivity index (χ1n) is 24.7. The van der Waals surface area contributed by atoms with Gasteiger partial charge in [0, 0.05) is 43.6 Å². The van der Waals surface area contributed by atoms with Gasteiger partial charge in [0.1, 0.15) is 16.7 Å². The lowest BCUT2D eigenvalue weighted by Gasteiger charge is -2.30. The third-order valence-corrected chi connectivity index (χ3v) is 16.5. The van der Waals surface area contributed by atoms with Crippen molar-refractivity contribution in [3.05, 3.63) is 258 Å². The molecule has 0 fully saturated rings. The van der Waals surface area contributed by atoms with E-state index < -0.39 is 5.41 Å². The second-order valence-corrected chi connectivity index (χ2v) is 20.2. The Labute approximate surface area is 410 Å². The van der Waals surface area contributed by atoms with Gasteiger partial charge in [-0.15, -0.1) is 0 Å². The van der Waals surface area contributed by atoms with Crippen LogP contribution in [0.25, 0.3) is 99.2 Å². The highest BCUT2D eigenvalue weighted by molar-refractivity contribution is 6.25. The zero-order valence-corrected chi connectivity index (χ0v) is 39.1. The number of hydrogen-bond acceptors (Lipinski definition) is 3. The molecule has 0 N–H and O–H groups in total. The van der Waals surface area contributed by atoms with Gasteiger partial charge in [-0.25, -0.2) is 0 Å². The normalized spacial score (nSPS) is 14.3. The molecule has 13 aromatic rings. The van der Waals surface area contributed by atoms with Crippen LogP contribution in [0.1, 0.15) is 47.2 Å². The molecule has 3 heteroatoms. The van der Waals surface area contributed by atoms with Gasteiger partial charge in [0.05, 0.1) is 16.8 Å². The molecule has 3 nitrogen and oxygen atoms in total. The minimum atomic E-state index is -0.494. The molecule has 3 aliphatic carbocycles. The number of nitrogens with zero attached hydrogens (tertiary/aromatic N) is 1. The quantitative estimate of drug-likeness (QED) is 0.176. The summed E-state index contributed by atoms with van der Waals surface area (Å²) in [7, 11) is 0. The molecule has 0 atom stereocenters. The molecule has 332 valence electrons. The SMILES string of the molecule is CC1(C)c2ccccc2-c2ccc(N(c3cccc4ccccc34)c3cccc4c3oc3c(-c5ccc6c(c5)C5(c7ccccc7-c7ccccc75)c5ccccc5-6)c5c(cc34)oc3ccccc35)cc21. The average Bonchev–Trinajstić information content (AvgIpc) is 4.20. The molecule has 0 saturated heterocycles. The predicted octanol–water partition coefficient (Wildman–Crippen LogP) is 18.4. The van der Waals surface area contributed by atoms with Crippen LogP contribution in [-0.4, -0.2) is 0 Å². The third kappa shape index (κ3) is 4.97. The van der Waals surface area contributed by atoms with E-state index in [1.54, 1.807) is 0 Å². The van der Waals surface area contributed by atoms with Gasteiger partial charge in [-0.05, 0) is 120 Å². The first kappa shape index (κ1) is 39.0. The van der Waals surface area contributed by atoms with Crippen molar-refractivity contribution in [2.75, 3.05) is 4.90 Å². The number of para-hydroxylation sites is 2. The van der Waals surface area contributed by atoms with Crippen LogP contribution < -0.4 is 4.90 Å². The van der Waals surface area contributed by atoms with Gasteiger partial charge < -0.3 is 13.7 Å². The summed E-state index contributed by atoms with van der Waals surface area (Å²) in [6, 6.07) is 82.8. The Morgan fingerprint density at radius 1 is 0.352 bits per heavy atom. The topological polar surface area (TPSA) is 29.5 Å². The number of fused-ring (bicyclic) bond motifs is 20. The largest absolute Gasteiger partial charge is 0.456 e. The van der Waals surface area contributed by atoms with Crippen LogP contribution in [0.15, 0.2) is 233 Å². The molecule has 2 heterocycles. The van der Waals surface area contributed by atoms with Crippen molar-refractivity contribution in [1.29, 1.82) is 0 Å². The fourth-order valence-electron chi connectivity index (χ4n) is 13.5. The maximum Gasteiger partial charge on any atom is 0.159 e. The number of benzene rings is 11. The van der Waals surface area contributed by atoms with Crippen LogP contribution in [0, 0.1) is 0 Å². The van der Waals surface area contributed by atoms with E-state index in [4.69, 9.17) is 8.83 Å². The molecule has 1 spiro atoms. The van der Waals surface area contributed by atoms with Crippen LogP contribution in [0.5, 0.6) is 0 Å². The summed E-state index contributed by atoms with van der Waals surface area (Å²) >= 11 is 0. The van der Waals surface area contributed by atoms with E-state index in [0.717, 1.165) is 72.1 Å². The molecule has 16 rings (SSSR count). The standard InChI is InChI=1S/C68H43NO2/c1-67(2)53-26-10-5-20-44(53)48-36-34-42(38-57(48)67)69(59-30-15-18-40-17-3-4-19-43(40)59)60-31-16-25-50-52-39-62-64(51-24-9-14-32-61(51)70-62)63(66(52)71-65(50)60)41-33-35-49-47-23-8-13-29-56(47)68(58(49)37-41)54-27-11-6-21-45(54)46-22-7-12-28-55(46)68/h3-39H,1-2H3. The van der Waals surface area contributed by atoms with Crippen molar-refractivity contribution < 1.29 is 8.83 Å². The van der Waals surface area contributed by atoms with E-state index in [-0.39, 0.29) is 5.41 Å². The summed E-state index contributed by atoms with van der Waals surface area (Å²) in [6.45, 7) is 4.71. The molecular formula is C68H43NO2. The van der Waals surface area contributed by atoms with E-state index in [1.165, 1.54) is 77.5 Å². The van der Waals surface area contributed by atoms with Gasteiger partial charge >= 0.3 is 0 Å². The van der Waals surface area contributed by atoms with Crippen molar-refractivity contribution in [3.63, 3.8) is 0 Å². The van der Waals surface area contributed by atoms with Crippen LogP contribution in [0.4, 0.5) is 17.1 Å². The predicted molar refractivity (Wildman–Crippen MR) is 292 cm³/mol. The molecule has 0 bridgehead atoms. The number of anilines is 3. The van der Waals surface area contributed by atoms with Gasteiger partial charge in [0.2, 0.25) is 0 Å². The highest BCUT2D eigenvalue weighted by Gasteiger charge is 2.51. The highest BCUT2D eigenvalue weighted by atomic mass is 16.3. The Hall–Kier alpha value is -8.92. The van der Waals surface area contributed by atoms with E-state index >= 15 is 0 Å². The van der Waals surface area contributed by atoms with Crippen LogP contribution >= 0.6 is 0 Å². The minimum absolute atomic E-state index is 0.179. The van der Waals surface area contributed by atoms with Crippen molar-refractivity contribution in [2.24, 2.45) is 0 Å². The first-order valence-corrected chi connectivity index (χ1v) is 24.7. The van der Waals surface area contributed by atoms with Gasteiger partial charge in [0.15, 0.2) is 5.58 Å². The van der Waals surface area contributed by atoms with E-state index in [0.29, 0.717) is 0 Å². The summed E-state index contributed by atoms with van der Waals surface area (Å²) in [5.41, 5.74) is 23.6. The Morgan fingerprint density at radius 2 is 0.901 bits per heavy atom. The summed E-state index contributed by atoms with van der Waals surface area (Å²) in [4.78, 5) is 2.43. The molecule has 11 aromatic carbocycles. The fraction of sp³-hybridized carbons (Fsp3) is 0.0588. The zero-order valence-electron chi connectivity index (χ0n) is 39.1. The average molecular weight is 906 g/mol. The Kier molecular flexibility index (Phi) is 7.62. The smallest absolute Gasteiger partial charge is 0.159 e. The number of rotatable bonds is 4. The van der Waals surface area contributed by atoms with Gasteiger partial charge in [-0.2, -0.15) is 0 Å². The molecule has 0 amide bonds. The summed E-state index contributed by atoms with van der Waals surface area (Å²) in [5.74, 6) is 0. The van der Waals surface area contributed by atoms with E-state index in [2.05, 4.69) is 243 Å². The molecule has 3 aliphatic rings. The van der Waals surface area contributed by atoms with Gasteiger partial charge in [-0.1, -0.05) is 196 Å². The van der Waals surface area contributed by atoms with Crippen LogP contribution in [-0.2, 0) is 10.8 Å². The number of furan rings is 2. The molecule has 0 aliphatic heterocycles. The first-order chi connectivity index (χ1) is 35.0. The summed E-state index contributed by atoms with van der Waals surface area (Å²) in [5, 5.41) is 6.51. The van der Waals surface area contributed by atoms with E-state index in [9.17, 15) is 0 Å². The van der Waals surface area contributed by atoms with Crippen molar-refractivity contribution in [1.82, 2.24) is 0 Å². The lowest BCUT2D eigenvalue weighted by Crippen LogP contribution is -2.25. The molecule has 71 heavy (non-hydrogen) atoms. The van der Waals surface area contributed by atoms with Crippen molar-refractivity contribution in [2.45, 2.75) is 24.7 Å². The lowest BCUT2D eigenvalue weighted by atomic mass is 9.70. The monoisotopic (exact) mass is 905 g/mol. The summed E-state index contributed by atoms with van der Waals surface area (Å²) in [6.07, 6.45) is 0. The van der Waals surface area contributed by atoms with Crippen LogP contribution in [0.3, 0.4) is 0 Å². The minimum Gasteiger partial charge on any atom is -0.456 e. The maximum atomic E-state index is 7.64. The van der Waals surface area contributed by atoms with Crippen molar-refractivity contribution in [3.8, 4) is 44.5 Å². The second-order valence-electron chi connectivity index (χ2n) is 20.2. The second kappa shape index (κ2) is 13.9. The van der Waals surface area contributed by atoms with Gasteiger partial charge in [-0.3, -0.25) is 0 Å². The fourth-order valence-corrected chi connectivity index (χ4v) is 13.5.